The number of aryl methyl sites for hydroxylation is 2. The first kappa shape index (κ1) is 20.4. The molecule has 4 aromatic heterocycles. The number of hydrogen-bond acceptors (Lipinski definition) is 4. The lowest BCUT2D eigenvalue weighted by atomic mass is 9.98. The van der Waals surface area contributed by atoms with Gasteiger partial charge in [0.1, 0.15) is 11.5 Å². The molecular formula is C26H22FN5O2. The van der Waals surface area contributed by atoms with E-state index in [1.54, 1.807) is 29.1 Å². The molecule has 8 heteroatoms. The van der Waals surface area contributed by atoms with Gasteiger partial charge in [0, 0.05) is 42.8 Å². The summed E-state index contributed by atoms with van der Waals surface area (Å²) in [5.41, 5.74) is 5.55. The molecule has 0 saturated carbocycles. The number of H-pyrrole nitrogens is 1. The molecule has 0 bridgehead atoms. The normalized spacial score (nSPS) is 14.2. The number of rotatable bonds is 3. The molecule has 6 rings (SSSR count). The molecule has 1 amide bonds. The van der Waals surface area contributed by atoms with Gasteiger partial charge in [-0.2, -0.15) is 5.10 Å². The lowest BCUT2D eigenvalue weighted by Crippen LogP contribution is -2.34. The van der Waals surface area contributed by atoms with E-state index in [0.717, 1.165) is 33.1 Å². The van der Waals surface area contributed by atoms with Crippen LogP contribution in [0, 0.1) is 12.7 Å². The number of nitrogens with one attached hydrogen (secondary N) is 1. The maximum atomic E-state index is 13.7. The topological polar surface area (TPSA) is 79.9 Å². The van der Waals surface area contributed by atoms with Gasteiger partial charge < -0.3 is 14.3 Å². The van der Waals surface area contributed by atoms with Gasteiger partial charge >= 0.3 is 0 Å². The molecule has 0 atom stereocenters. The fraction of sp³-hybridized carbons (Fsp3) is 0.192. The minimum absolute atomic E-state index is 0.0624. The Morgan fingerprint density at radius 2 is 2.12 bits per heavy atom. The molecule has 1 N–H and O–H groups in total. The second-order valence-corrected chi connectivity index (χ2v) is 8.56. The van der Waals surface area contributed by atoms with Crippen LogP contribution in [0.3, 0.4) is 0 Å². The van der Waals surface area contributed by atoms with Crippen molar-refractivity contribution >= 4 is 33.4 Å². The predicted octanol–water partition coefficient (Wildman–Crippen LogP) is 5.09. The van der Waals surface area contributed by atoms with Crippen LogP contribution in [0.25, 0.3) is 39.0 Å². The van der Waals surface area contributed by atoms with Gasteiger partial charge in [-0.15, -0.1) is 0 Å². The number of halogens is 1. The number of carbonyl (C=O) groups is 1. The number of furan rings is 1. The van der Waals surface area contributed by atoms with Gasteiger partial charge in [-0.25, -0.2) is 9.37 Å². The van der Waals surface area contributed by atoms with Crippen molar-refractivity contribution in [2.75, 3.05) is 13.1 Å². The van der Waals surface area contributed by atoms with Crippen LogP contribution in [-0.4, -0.2) is 43.6 Å². The first-order chi connectivity index (χ1) is 16.5. The van der Waals surface area contributed by atoms with Gasteiger partial charge in [-0.1, -0.05) is 6.08 Å². The average molecular weight is 455 g/mol. The molecule has 0 radical (unpaired) electrons. The second kappa shape index (κ2) is 7.69. The molecule has 5 heterocycles. The van der Waals surface area contributed by atoms with Crippen molar-refractivity contribution in [3.63, 3.8) is 0 Å². The molecule has 0 saturated heterocycles. The van der Waals surface area contributed by atoms with Crippen molar-refractivity contribution < 1.29 is 13.6 Å². The summed E-state index contributed by atoms with van der Waals surface area (Å²) in [5.74, 6) is 0.276. The molecule has 1 aliphatic rings. The maximum absolute atomic E-state index is 13.7. The first-order valence-corrected chi connectivity index (χ1v) is 11.1. The van der Waals surface area contributed by atoms with Crippen LogP contribution in [0.4, 0.5) is 4.39 Å². The van der Waals surface area contributed by atoms with Gasteiger partial charge in [0.05, 0.1) is 22.9 Å². The highest BCUT2D eigenvalue weighted by Crippen LogP contribution is 2.32. The van der Waals surface area contributed by atoms with E-state index in [1.165, 1.54) is 12.1 Å². The Morgan fingerprint density at radius 1 is 1.24 bits per heavy atom. The molecule has 5 aromatic rings. The molecule has 170 valence electrons. The summed E-state index contributed by atoms with van der Waals surface area (Å²) in [6.45, 7) is 2.96. The van der Waals surface area contributed by atoms with Crippen molar-refractivity contribution in [2.45, 2.75) is 13.3 Å². The highest BCUT2D eigenvalue weighted by Gasteiger charge is 2.25. The molecule has 0 aliphatic carbocycles. The number of aromatic nitrogens is 4. The Kier molecular flexibility index (Phi) is 4.62. The number of aromatic amines is 1. The molecule has 1 aromatic carbocycles. The molecular weight excluding hydrogens is 433 g/mol. The molecule has 7 nitrogen and oxygen atoms in total. The van der Waals surface area contributed by atoms with Crippen LogP contribution in [0.1, 0.15) is 28.0 Å². The zero-order chi connectivity index (χ0) is 23.4. The fourth-order valence-electron chi connectivity index (χ4n) is 4.80. The third-order valence-corrected chi connectivity index (χ3v) is 6.46. The summed E-state index contributed by atoms with van der Waals surface area (Å²) in [6, 6.07) is 10.2. The Morgan fingerprint density at radius 3 is 2.88 bits per heavy atom. The van der Waals surface area contributed by atoms with Crippen molar-refractivity contribution in [2.24, 2.45) is 7.05 Å². The third-order valence-electron chi connectivity index (χ3n) is 6.46. The number of amides is 1. The van der Waals surface area contributed by atoms with E-state index in [-0.39, 0.29) is 11.7 Å². The summed E-state index contributed by atoms with van der Waals surface area (Å²) in [6.07, 6.45) is 6.29. The number of pyridine rings is 1. The SMILES string of the molecule is Cc1nn(C)c2nc(-c3ccco3)cc(C(=O)N3CC=C(c4c[nH]c5cc(F)ccc45)CC3)c12. The first-order valence-electron chi connectivity index (χ1n) is 11.1. The Labute approximate surface area is 194 Å². The second-order valence-electron chi connectivity index (χ2n) is 8.56. The molecule has 34 heavy (non-hydrogen) atoms. The van der Waals surface area contributed by atoms with Crippen LogP contribution in [0.15, 0.2) is 59.4 Å². The van der Waals surface area contributed by atoms with E-state index >= 15 is 0 Å². The van der Waals surface area contributed by atoms with Crippen molar-refractivity contribution in [3.05, 3.63) is 77.6 Å². The van der Waals surface area contributed by atoms with E-state index in [1.807, 2.05) is 31.1 Å². The van der Waals surface area contributed by atoms with Gasteiger partial charge in [0.15, 0.2) is 11.4 Å². The van der Waals surface area contributed by atoms with Crippen LogP contribution < -0.4 is 0 Å². The van der Waals surface area contributed by atoms with Gasteiger partial charge in [0.25, 0.3) is 5.91 Å². The van der Waals surface area contributed by atoms with Crippen LogP contribution in [0.2, 0.25) is 0 Å². The summed E-state index contributed by atoms with van der Waals surface area (Å²) in [7, 11) is 1.82. The molecule has 0 unspecified atom stereocenters. The fourth-order valence-corrected chi connectivity index (χ4v) is 4.80. The van der Waals surface area contributed by atoms with Crippen LogP contribution in [0.5, 0.6) is 0 Å². The smallest absolute Gasteiger partial charge is 0.255 e. The molecule has 0 spiro atoms. The Hall–Kier alpha value is -4.20. The highest BCUT2D eigenvalue weighted by molar-refractivity contribution is 6.07. The van der Waals surface area contributed by atoms with E-state index in [4.69, 9.17) is 9.40 Å². The zero-order valence-corrected chi connectivity index (χ0v) is 18.8. The lowest BCUT2D eigenvalue weighted by Gasteiger charge is -2.27. The van der Waals surface area contributed by atoms with E-state index < -0.39 is 0 Å². The maximum Gasteiger partial charge on any atom is 0.255 e. The molecule has 0 fully saturated rings. The minimum atomic E-state index is -0.265. The van der Waals surface area contributed by atoms with Gasteiger partial charge in [0.2, 0.25) is 0 Å². The standard InChI is InChI=1S/C26H22FN5O2/c1-15-24-19(13-22(23-4-3-11-34-23)29-25(24)31(2)30-15)26(33)32-9-7-16(8-10-32)20-14-28-21-12-17(27)5-6-18(20)21/h3-7,11-14,28H,8-10H2,1-2H3. The summed E-state index contributed by atoms with van der Waals surface area (Å²) < 4.78 is 20.8. The number of hydrogen-bond donors (Lipinski definition) is 1. The highest BCUT2D eigenvalue weighted by atomic mass is 19.1. The summed E-state index contributed by atoms with van der Waals surface area (Å²) in [4.78, 5) is 23.4. The zero-order valence-electron chi connectivity index (χ0n) is 18.8. The van der Waals surface area contributed by atoms with E-state index in [0.29, 0.717) is 42.2 Å². The molecule has 1 aliphatic heterocycles. The van der Waals surface area contributed by atoms with Crippen LogP contribution >= 0.6 is 0 Å². The number of benzene rings is 1. The van der Waals surface area contributed by atoms with E-state index in [2.05, 4.69) is 16.2 Å². The van der Waals surface area contributed by atoms with Gasteiger partial charge in [-0.3, -0.25) is 9.48 Å². The quantitative estimate of drug-likeness (QED) is 0.411. The van der Waals surface area contributed by atoms with Crippen molar-refractivity contribution in [3.8, 4) is 11.5 Å². The van der Waals surface area contributed by atoms with Crippen molar-refractivity contribution in [1.82, 2.24) is 24.6 Å². The Balaban J connectivity index is 1.35. The number of fused-ring (bicyclic) bond motifs is 2. The lowest BCUT2D eigenvalue weighted by molar-refractivity contribution is 0.0774. The Bertz CT molecular complexity index is 1590. The van der Waals surface area contributed by atoms with Gasteiger partial charge in [-0.05, 0) is 55.3 Å². The predicted molar refractivity (Wildman–Crippen MR) is 128 cm³/mol. The number of nitrogens with zero attached hydrogens (tertiary/aromatic N) is 4. The van der Waals surface area contributed by atoms with Crippen molar-refractivity contribution in [1.29, 1.82) is 0 Å². The summed E-state index contributed by atoms with van der Waals surface area (Å²) in [5, 5.41) is 6.24. The third kappa shape index (κ3) is 3.22. The number of carbonyl (C=O) groups excluding carboxylic acids is 1. The summed E-state index contributed by atoms with van der Waals surface area (Å²) >= 11 is 0. The minimum Gasteiger partial charge on any atom is -0.463 e. The van der Waals surface area contributed by atoms with E-state index in [9.17, 15) is 9.18 Å². The average Bonchev–Trinajstić information content (AvgIpc) is 3.58. The largest absolute Gasteiger partial charge is 0.463 e. The monoisotopic (exact) mass is 455 g/mol. The van der Waals surface area contributed by atoms with Crippen LogP contribution in [-0.2, 0) is 7.05 Å².